The number of hydrogen-bond donors (Lipinski definition) is 2. The Morgan fingerprint density at radius 3 is 2.57 bits per heavy atom. The summed E-state index contributed by atoms with van der Waals surface area (Å²) in [5, 5.41) is 10.8. The van der Waals surface area contributed by atoms with Gasteiger partial charge in [0.1, 0.15) is 5.76 Å². The normalized spacial score (nSPS) is 11.2. The van der Waals surface area contributed by atoms with Gasteiger partial charge in [-0.25, -0.2) is 0 Å². The maximum absolute atomic E-state index is 5.38. The van der Waals surface area contributed by atoms with Crippen LogP contribution in [0.1, 0.15) is 50.1 Å². The first-order valence-electron chi connectivity index (χ1n) is 8.16. The van der Waals surface area contributed by atoms with Crippen molar-refractivity contribution in [3.8, 4) is 0 Å². The Balaban J connectivity index is 0.00000484. The predicted molar refractivity (Wildman–Crippen MR) is 105 cm³/mol. The predicted octanol–water partition coefficient (Wildman–Crippen LogP) is 2.90. The molecule has 1 heterocycles. The number of nitrogens with one attached hydrogen (secondary N) is 2. The molecule has 1 aromatic rings. The van der Waals surface area contributed by atoms with E-state index in [1.807, 2.05) is 0 Å². The first-order valence-corrected chi connectivity index (χ1v) is 8.16. The SMILES string of the molecule is CCc1noc(CC)c1CNC(=NC)NCCCCCOC.I. The van der Waals surface area contributed by atoms with Crippen molar-refractivity contribution < 1.29 is 9.26 Å². The lowest BCUT2D eigenvalue weighted by molar-refractivity contribution is 0.192. The van der Waals surface area contributed by atoms with E-state index in [4.69, 9.17) is 9.26 Å². The smallest absolute Gasteiger partial charge is 0.191 e. The van der Waals surface area contributed by atoms with E-state index in [1.54, 1.807) is 14.2 Å². The summed E-state index contributed by atoms with van der Waals surface area (Å²) in [4.78, 5) is 4.25. The standard InChI is InChI=1S/C16H30N4O2.HI/c1-5-14-13(15(6-2)22-20-14)12-19-16(17-3)18-10-8-7-9-11-21-4;/h5-12H2,1-4H3,(H2,17,18,19);1H. The van der Waals surface area contributed by atoms with E-state index in [-0.39, 0.29) is 24.0 Å². The van der Waals surface area contributed by atoms with Gasteiger partial charge in [0, 0.05) is 45.8 Å². The van der Waals surface area contributed by atoms with Crippen LogP contribution in [0.2, 0.25) is 0 Å². The van der Waals surface area contributed by atoms with Crippen LogP contribution in [0, 0.1) is 0 Å². The molecule has 0 amide bonds. The van der Waals surface area contributed by atoms with Crippen molar-refractivity contribution in [1.29, 1.82) is 0 Å². The van der Waals surface area contributed by atoms with Crippen LogP contribution in [0.25, 0.3) is 0 Å². The molecule has 0 unspecified atom stereocenters. The Bertz CT molecular complexity index is 428. The number of aliphatic imine (C=N–C) groups is 1. The van der Waals surface area contributed by atoms with Crippen LogP contribution in [0.3, 0.4) is 0 Å². The van der Waals surface area contributed by atoms with Crippen molar-refractivity contribution in [2.45, 2.75) is 52.5 Å². The van der Waals surface area contributed by atoms with Gasteiger partial charge in [0.2, 0.25) is 0 Å². The summed E-state index contributed by atoms with van der Waals surface area (Å²) >= 11 is 0. The average Bonchev–Trinajstić information content (AvgIpc) is 2.95. The molecule has 23 heavy (non-hydrogen) atoms. The summed E-state index contributed by atoms with van der Waals surface area (Å²) in [7, 11) is 3.53. The molecule has 1 aromatic heterocycles. The monoisotopic (exact) mass is 438 g/mol. The van der Waals surface area contributed by atoms with Crippen molar-refractivity contribution in [1.82, 2.24) is 15.8 Å². The van der Waals surface area contributed by atoms with E-state index >= 15 is 0 Å². The molecule has 0 spiro atoms. The van der Waals surface area contributed by atoms with Crippen molar-refractivity contribution in [2.24, 2.45) is 4.99 Å². The van der Waals surface area contributed by atoms with Gasteiger partial charge < -0.3 is 19.9 Å². The van der Waals surface area contributed by atoms with Crippen LogP contribution in [-0.4, -0.2) is 38.4 Å². The number of methoxy groups -OCH3 is 1. The molecule has 0 aromatic carbocycles. The van der Waals surface area contributed by atoms with E-state index in [9.17, 15) is 0 Å². The maximum atomic E-state index is 5.38. The van der Waals surface area contributed by atoms with E-state index in [1.165, 1.54) is 0 Å². The second-order valence-electron chi connectivity index (χ2n) is 5.14. The number of nitrogens with zero attached hydrogens (tertiary/aromatic N) is 2. The van der Waals surface area contributed by atoms with E-state index in [2.05, 4.69) is 34.6 Å². The van der Waals surface area contributed by atoms with Gasteiger partial charge in [0.15, 0.2) is 5.96 Å². The second-order valence-corrected chi connectivity index (χ2v) is 5.14. The Labute approximate surface area is 156 Å². The highest BCUT2D eigenvalue weighted by Crippen LogP contribution is 2.15. The van der Waals surface area contributed by atoms with Gasteiger partial charge in [-0.3, -0.25) is 4.99 Å². The molecule has 7 heteroatoms. The van der Waals surface area contributed by atoms with Crippen molar-refractivity contribution in [3.05, 3.63) is 17.0 Å². The van der Waals surface area contributed by atoms with Crippen LogP contribution in [0.4, 0.5) is 0 Å². The largest absolute Gasteiger partial charge is 0.385 e. The topological polar surface area (TPSA) is 71.7 Å². The lowest BCUT2D eigenvalue weighted by Gasteiger charge is -2.12. The summed E-state index contributed by atoms with van der Waals surface area (Å²) in [6.07, 6.45) is 5.10. The van der Waals surface area contributed by atoms with Gasteiger partial charge in [0.05, 0.1) is 5.69 Å². The third kappa shape index (κ3) is 8.01. The highest BCUT2D eigenvalue weighted by molar-refractivity contribution is 14.0. The van der Waals surface area contributed by atoms with Gasteiger partial charge in [-0.15, -0.1) is 24.0 Å². The number of unbranched alkanes of at least 4 members (excludes halogenated alkanes) is 2. The molecule has 0 atom stereocenters. The molecule has 0 aliphatic carbocycles. The minimum Gasteiger partial charge on any atom is -0.385 e. The molecule has 0 radical (unpaired) electrons. The van der Waals surface area contributed by atoms with Crippen molar-refractivity contribution in [2.75, 3.05) is 27.3 Å². The Morgan fingerprint density at radius 1 is 1.17 bits per heavy atom. The van der Waals surface area contributed by atoms with Crippen LogP contribution in [0.15, 0.2) is 9.52 Å². The molecule has 1 rings (SSSR count). The number of ether oxygens (including phenoxy) is 1. The quantitative estimate of drug-likeness (QED) is 0.255. The first kappa shape index (κ1) is 22.2. The fourth-order valence-electron chi connectivity index (χ4n) is 2.29. The third-order valence-corrected chi connectivity index (χ3v) is 3.58. The molecule has 134 valence electrons. The summed E-state index contributed by atoms with van der Waals surface area (Å²) < 4.78 is 10.4. The number of aromatic nitrogens is 1. The van der Waals surface area contributed by atoms with Crippen LogP contribution >= 0.6 is 24.0 Å². The number of halogens is 1. The fourth-order valence-corrected chi connectivity index (χ4v) is 2.29. The summed E-state index contributed by atoms with van der Waals surface area (Å²) in [6.45, 7) is 6.61. The lowest BCUT2D eigenvalue weighted by Crippen LogP contribution is -2.37. The Morgan fingerprint density at radius 2 is 1.96 bits per heavy atom. The lowest BCUT2D eigenvalue weighted by atomic mass is 10.1. The Hall–Kier alpha value is -0.830. The minimum absolute atomic E-state index is 0. The van der Waals surface area contributed by atoms with Crippen LogP contribution in [0.5, 0.6) is 0 Å². The van der Waals surface area contributed by atoms with E-state index in [0.717, 1.165) is 68.2 Å². The van der Waals surface area contributed by atoms with Crippen LogP contribution < -0.4 is 10.6 Å². The number of guanidine groups is 1. The molecule has 0 saturated heterocycles. The van der Waals surface area contributed by atoms with Crippen molar-refractivity contribution in [3.63, 3.8) is 0 Å². The van der Waals surface area contributed by atoms with Gasteiger partial charge in [-0.1, -0.05) is 19.0 Å². The van der Waals surface area contributed by atoms with Gasteiger partial charge in [-0.2, -0.15) is 0 Å². The zero-order valence-corrected chi connectivity index (χ0v) is 17.1. The molecule has 0 aliphatic heterocycles. The number of hydrogen-bond acceptors (Lipinski definition) is 4. The summed E-state index contributed by atoms with van der Waals surface area (Å²) in [6, 6.07) is 0. The fraction of sp³-hybridized carbons (Fsp3) is 0.750. The third-order valence-electron chi connectivity index (χ3n) is 3.58. The molecule has 0 bridgehead atoms. The highest BCUT2D eigenvalue weighted by atomic mass is 127. The number of aryl methyl sites for hydroxylation is 2. The van der Waals surface area contributed by atoms with Crippen molar-refractivity contribution >= 4 is 29.9 Å². The average molecular weight is 438 g/mol. The zero-order valence-electron chi connectivity index (χ0n) is 14.8. The molecular formula is C16H31IN4O2. The number of rotatable bonds is 10. The van der Waals surface area contributed by atoms with E-state index < -0.39 is 0 Å². The highest BCUT2D eigenvalue weighted by Gasteiger charge is 2.13. The Kier molecular flexibility index (Phi) is 13.1. The second kappa shape index (κ2) is 13.6. The van der Waals surface area contributed by atoms with Gasteiger partial charge in [-0.05, 0) is 25.7 Å². The summed E-state index contributed by atoms with van der Waals surface area (Å²) in [5.74, 6) is 1.77. The molecule has 0 fully saturated rings. The van der Waals surface area contributed by atoms with Crippen LogP contribution in [-0.2, 0) is 24.1 Å². The maximum Gasteiger partial charge on any atom is 0.191 e. The van der Waals surface area contributed by atoms with Gasteiger partial charge in [0.25, 0.3) is 0 Å². The molecular weight excluding hydrogens is 407 g/mol. The molecule has 2 N–H and O–H groups in total. The van der Waals surface area contributed by atoms with Gasteiger partial charge >= 0.3 is 0 Å². The minimum atomic E-state index is 0. The molecule has 0 aliphatic rings. The molecule has 0 saturated carbocycles. The molecule has 6 nitrogen and oxygen atoms in total. The zero-order chi connectivity index (χ0) is 16.2. The van der Waals surface area contributed by atoms with E-state index in [0.29, 0.717) is 6.54 Å². The first-order chi connectivity index (χ1) is 10.8. The summed E-state index contributed by atoms with van der Waals surface area (Å²) in [5.41, 5.74) is 2.19.